The molecule has 0 unspecified atom stereocenters. The average molecular weight is 363 g/mol. The maximum Gasteiger partial charge on any atom is 0.267 e. The number of ether oxygens (including phenoxy) is 1. The monoisotopic (exact) mass is 363 g/mol. The van der Waals surface area contributed by atoms with Crippen molar-refractivity contribution in [2.45, 2.75) is 20.4 Å². The van der Waals surface area contributed by atoms with Crippen LogP contribution >= 0.6 is 0 Å². The van der Waals surface area contributed by atoms with E-state index in [9.17, 15) is 9.59 Å². The zero-order valence-corrected chi connectivity index (χ0v) is 15.5. The fourth-order valence-electron chi connectivity index (χ4n) is 2.88. The van der Waals surface area contributed by atoms with Crippen LogP contribution in [-0.2, 0) is 11.3 Å². The van der Waals surface area contributed by atoms with E-state index in [1.54, 1.807) is 13.2 Å². The van der Waals surface area contributed by atoms with Gasteiger partial charge in [0.2, 0.25) is 5.91 Å². The molecule has 138 valence electrons. The first-order valence-corrected chi connectivity index (χ1v) is 8.55. The second-order valence-electron chi connectivity index (χ2n) is 6.37. The number of anilines is 1. The number of aryl methyl sites for hydroxylation is 2. The molecule has 0 spiro atoms. The Morgan fingerprint density at radius 2 is 1.81 bits per heavy atom. The van der Waals surface area contributed by atoms with Gasteiger partial charge < -0.3 is 10.1 Å². The number of hydrogen-bond acceptors (Lipinski definition) is 4. The Kier molecular flexibility index (Phi) is 5.35. The van der Waals surface area contributed by atoms with Gasteiger partial charge in [-0.2, -0.15) is 5.10 Å². The third-order valence-corrected chi connectivity index (χ3v) is 4.03. The molecule has 0 saturated heterocycles. The molecule has 2 aromatic carbocycles. The number of carbonyl (C=O) groups excluding carboxylic acids is 1. The molecule has 0 fully saturated rings. The van der Waals surface area contributed by atoms with Crippen LogP contribution in [0.3, 0.4) is 0 Å². The summed E-state index contributed by atoms with van der Waals surface area (Å²) in [6.07, 6.45) is 0. The quantitative estimate of drug-likeness (QED) is 0.756. The second-order valence-corrected chi connectivity index (χ2v) is 6.37. The molecule has 0 aliphatic carbocycles. The summed E-state index contributed by atoms with van der Waals surface area (Å²) in [6, 6.07) is 16.2. The molecule has 1 aromatic heterocycles. The minimum Gasteiger partial charge on any atom is -0.497 e. The van der Waals surface area contributed by atoms with Crippen LogP contribution in [0, 0.1) is 13.8 Å². The Hall–Kier alpha value is -3.41. The zero-order chi connectivity index (χ0) is 19.4. The van der Waals surface area contributed by atoms with Crippen molar-refractivity contribution in [1.29, 1.82) is 0 Å². The molecular weight excluding hydrogens is 342 g/mol. The third-order valence-electron chi connectivity index (χ3n) is 4.03. The van der Waals surface area contributed by atoms with E-state index in [0.29, 0.717) is 17.1 Å². The number of hydrogen-bond donors (Lipinski definition) is 1. The van der Waals surface area contributed by atoms with Crippen LogP contribution in [0.2, 0.25) is 0 Å². The summed E-state index contributed by atoms with van der Waals surface area (Å²) in [4.78, 5) is 24.5. The number of carbonyl (C=O) groups is 1. The number of nitrogens with one attached hydrogen (secondary N) is 1. The maximum absolute atomic E-state index is 12.4. The number of methoxy groups -OCH3 is 1. The van der Waals surface area contributed by atoms with E-state index in [4.69, 9.17) is 4.74 Å². The highest BCUT2D eigenvalue weighted by Gasteiger charge is 2.09. The Morgan fingerprint density at radius 1 is 1.07 bits per heavy atom. The number of amides is 1. The Morgan fingerprint density at radius 3 is 2.52 bits per heavy atom. The Labute approximate surface area is 157 Å². The largest absolute Gasteiger partial charge is 0.497 e. The lowest BCUT2D eigenvalue weighted by atomic mass is 10.1. The van der Waals surface area contributed by atoms with Crippen molar-refractivity contribution in [3.63, 3.8) is 0 Å². The third kappa shape index (κ3) is 4.61. The predicted octanol–water partition coefficient (Wildman–Crippen LogP) is 3.17. The van der Waals surface area contributed by atoms with E-state index in [2.05, 4.69) is 10.4 Å². The standard InChI is InChI=1S/C21H21N3O3/c1-14-9-15(2)11-17(10-14)22-20(25)13-24-21(26)8-7-19(23-24)16-5-4-6-18(12-16)27-3/h4-12H,13H2,1-3H3,(H,22,25). The predicted molar refractivity (Wildman–Crippen MR) is 105 cm³/mol. The molecule has 3 aromatic rings. The molecule has 0 bridgehead atoms. The van der Waals surface area contributed by atoms with Crippen molar-refractivity contribution >= 4 is 11.6 Å². The summed E-state index contributed by atoms with van der Waals surface area (Å²) >= 11 is 0. The van der Waals surface area contributed by atoms with Gasteiger partial charge in [-0.3, -0.25) is 9.59 Å². The molecule has 0 saturated carbocycles. The van der Waals surface area contributed by atoms with Crippen LogP contribution in [0.25, 0.3) is 11.3 Å². The van der Waals surface area contributed by atoms with Crippen LogP contribution in [0.5, 0.6) is 5.75 Å². The number of aromatic nitrogens is 2. The zero-order valence-electron chi connectivity index (χ0n) is 15.5. The van der Waals surface area contributed by atoms with E-state index in [0.717, 1.165) is 21.4 Å². The molecule has 0 atom stereocenters. The Bertz CT molecular complexity index is 1020. The van der Waals surface area contributed by atoms with Gasteiger partial charge >= 0.3 is 0 Å². The molecule has 27 heavy (non-hydrogen) atoms. The van der Waals surface area contributed by atoms with Gasteiger partial charge in [-0.1, -0.05) is 18.2 Å². The summed E-state index contributed by atoms with van der Waals surface area (Å²) in [5.74, 6) is 0.386. The smallest absolute Gasteiger partial charge is 0.267 e. The summed E-state index contributed by atoms with van der Waals surface area (Å²) in [7, 11) is 1.59. The van der Waals surface area contributed by atoms with Crippen molar-refractivity contribution in [2.24, 2.45) is 0 Å². The Balaban J connectivity index is 1.82. The van der Waals surface area contributed by atoms with Crippen LogP contribution in [0.15, 0.2) is 59.4 Å². The van der Waals surface area contributed by atoms with E-state index in [-0.39, 0.29) is 18.0 Å². The summed E-state index contributed by atoms with van der Waals surface area (Å²) in [5.41, 5.74) is 3.87. The van der Waals surface area contributed by atoms with E-state index < -0.39 is 0 Å². The lowest BCUT2D eigenvalue weighted by Gasteiger charge is -2.10. The van der Waals surface area contributed by atoms with Gasteiger partial charge in [-0.15, -0.1) is 0 Å². The van der Waals surface area contributed by atoms with Gasteiger partial charge in [0.15, 0.2) is 0 Å². The summed E-state index contributed by atoms with van der Waals surface area (Å²) in [6.45, 7) is 3.77. The highest BCUT2D eigenvalue weighted by Crippen LogP contribution is 2.21. The second kappa shape index (κ2) is 7.86. The molecule has 1 heterocycles. The van der Waals surface area contributed by atoms with Gasteiger partial charge in [-0.05, 0) is 55.3 Å². The molecule has 6 heteroatoms. The van der Waals surface area contributed by atoms with Gasteiger partial charge in [0.25, 0.3) is 5.56 Å². The first kappa shape index (κ1) is 18.4. The van der Waals surface area contributed by atoms with Crippen LogP contribution in [0.4, 0.5) is 5.69 Å². The fraction of sp³-hybridized carbons (Fsp3) is 0.190. The lowest BCUT2D eigenvalue weighted by Crippen LogP contribution is -2.29. The fourth-order valence-corrected chi connectivity index (χ4v) is 2.88. The van der Waals surface area contributed by atoms with Crippen molar-refractivity contribution in [3.05, 3.63) is 76.1 Å². The van der Waals surface area contributed by atoms with E-state index in [1.165, 1.54) is 6.07 Å². The highest BCUT2D eigenvalue weighted by molar-refractivity contribution is 5.90. The molecular formula is C21H21N3O3. The summed E-state index contributed by atoms with van der Waals surface area (Å²) in [5, 5.41) is 7.14. The number of nitrogens with zero attached hydrogens (tertiary/aromatic N) is 2. The van der Waals surface area contributed by atoms with Crippen molar-refractivity contribution in [1.82, 2.24) is 9.78 Å². The first-order valence-electron chi connectivity index (χ1n) is 8.55. The molecule has 6 nitrogen and oxygen atoms in total. The van der Waals surface area contributed by atoms with Crippen LogP contribution in [0.1, 0.15) is 11.1 Å². The molecule has 3 rings (SSSR count). The van der Waals surface area contributed by atoms with Gasteiger partial charge in [0, 0.05) is 17.3 Å². The average Bonchev–Trinajstić information content (AvgIpc) is 2.62. The topological polar surface area (TPSA) is 73.2 Å². The van der Waals surface area contributed by atoms with Crippen molar-refractivity contribution in [2.75, 3.05) is 12.4 Å². The van der Waals surface area contributed by atoms with Crippen LogP contribution in [-0.4, -0.2) is 22.8 Å². The first-order chi connectivity index (χ1) is 12.9. The minimum absolute atomic E-state index is 0.163. The maximum atomic E-state index is 12.4. The van der Waals surface area contributed by atoms with Crippen molar-refractivity contribution < 1.29 is 9.53 Å². The number of rotatable bonds is 5. The van der Waals surface area contributed by atoms with E-state index in [1.807, 2.05) is 56.3 Å². The van der Waals surface area contributed by atoms with Crippen LogP contribution < -0.4 is 15.6 Å². The SMILES string of the molecule is COc1cccc(-c2ccc(=O)n(CC(=O)Nc3cc(C)cc(C)c3)n2)c1. The molecule has 0 aliphatic rings. The number of benzene rings is 2. The van der Waals surface area contributed by atoms with Gasteiger partial charge in [0.05, 0.1) is 12.8 Å². The van der Waals surface area contributed by atoms with Crippen molar-refractivity contribution in [3.8, 4) is 17.0 Å². The normalized spacial score (nSPS) is 10.5. The molecule has 1 N–H and O–H groups in total. The van der Waals surface area contributed by atoms with Gasteiger partial charge in [0.1, 0.15) is 12.3 Å². The van der Waals surface area contributed by atoms with E-state index >= 15 is 0 Å². The summed E-state index contributed by atoms with van der Waals surface area (Å²) < 4.78 is 6.38. The molecule has 0 aliphatic heterocycles. The van der Waals surface area contributed by atoms with Gasteiger partial charge in [-0.25, -0.2) is 4.68 Å². The molecule has 0 radical (unpaired) electrons. The minimum atomic E-state index is -0.336. The highest BCUT2D eigenvalue weighted by atomic mass is 16.5. The molecule has 1 amide bonds. The lowest BCUT2D eigenvalue weighted by molar-refractivity contribution is -0.117.